The molecule has 1 heterocycles. The molecule has 0 saturated carbocycles. The lowest BCUT2D eigenvalue weighted by Gasteiger charge is -2.39. The van der Waals surface area contributed by atoms with E-state index in [1.165, 1.54) is 0 Å². The summed E-state index contributed by atoms with van der Waals surface area (Å²) in [5.74, 6) is 0.917. The summed E-state index contributed by atoms with van der Waals surface area (Å²) in [5.41, 5.74) is 2.68. The molecule has 1 aromatic carbocycles. The van der Waals surface area contributed by atoms with E-state index < -0.39 is 0 Å². The van der Waals surface area contributed by atoms with E-state index in [0.29, 0.717) is 23.2 Å². The number of nitrogens with zero attached hydrogens (tertiary/aromatic N) is 1. The molecule has 0 bridgehead atoms. The number of thiocarbonyl (C=S) groups is 1. The molecule has 0 fully saturated rings. The zero-order valence-electron chi connectivity index (χ0n) is 13.9. The normalized spacial score (nSPS) is 20.8. The van der Waals surface area contributed by atoms with Crippen molar-refractivity contribution in [1.82, 2.24) is 10.2 Å². The molecule has 1 aromatic rings. The molecule has 2 aliphatic rings. The van der Waals surface area contributed by atoms with Crippen molar-refractivity contribution in [1.29, 1.82) is 0 Å². The van der Waals surface area contributed by atoms with E-state index >= 15 is 0 Å². The van der Waals surface area contributed by atoms with E-state index in [4.69, 9.17) is 28.6 Å². The van der Waals surface area contributed by atoms with E-state index in [1.807, 2.05) is 24.1 Å². The van der Waals surface area contributed by atoms with E-state index in [2.05, 4.69) is 12.2 Å². The molecule has 1 aliphatic heterocycles. The zero-order valence-corrected chi connectivity index (χ0v) is 15.5. The van der Waals surface area contributed by atoms with Gasteiger partial charge in [0.05, 0.1) is 12.6 Å². The van der Waals surface area contributed by atoms with Crippen molar-refractivity contribution in [2.75, 3.05) is 13.7 Å². The van der Waals surface area contributed by atoms with Crippen LogP contribution in [0.5, 0.6) is 5.75 Å². The Bertz CT molecular complexity index is 717. The van der Waals surface area contributed by atoms with Gasteiger partial charge in [-0.15, -0.1) is 0 Å². The predicted molar refractivity (Wildman–Crippen MR) is 99.4 cm³/mol. The van der Waals surface area contributed by atoms with Gasteiger partial charge in [0.2, 0.25) is 0 Å². The first-order valence-electron chi connectivity index (χ1n) is 8.25. The molecule has 4 nitrogen and oxygen atoms in total. The first kappa shape index (κ1) is 17.2. The maximum absolute atomic E-state index is 12.6. The number of benzene rings is 1. The summed E-state index contributed by atoms with van der Waals surface area (Å²) in [6.07, 6.45) is 3.21. The summed E-state index contributed by atoms with van der Waals surface area (Å²) >= 11 is 11.7. The van der Waals surface area contributed by atoms with Gasteiger partial charge in [-0.3, -0.25) is 4.79 Å². The van der Waals surface area contributed by atoms with Crippen LogP contribution in [0.4, 0.5) is 0 Å². The van der Waals surface area contributed by atoms with Gasteiger partial charge in [0.15, 0.2) is 10.9 Å². The van der Waals surface area contributed by atoms with E-state index in [0.717, 1.165) is 41.8 Å². The van der Waals surface area contributed by atoms with Crippen LogP contribution in [0, 0.1) is 0 Å². The van der Waals surface area contributed by atoms with Crippen LogP contribution in [0.1, 0.15) is 44.2 Å². The molecule has 24 heavy (non-hydrogen) atoms. The molecule has 128 valence electrons. The molecule has 1 atom stereocenters. The summed E-state index contributed by atoms with van der Waals surface area (Å²) < 4.78 is 5.88. The Kier molecular flexibility index (Phi) is 5.11. The number of ketones is 1. The molecule has 0 amide bonds. The quantitative estimate of drug-likeness (QED) is 0.818. The van der Waals surface area contributed by atoms with Gasteiger partial charge in [0.25, 0.3) is 0 Å². The molecule has 3 rings (SSSR count). The summed E-state index contributed by atoms with van der Waals surface area (Å²) in [5, 5.41) is 4.53. The van der Waals surface area contributed by atoms with Gasteiger partial charge in [-0.05, 0) is 49.7 Å². The number of nitrogens with one attached hydrogen (secondary N) is 1. The third-order valence-electron chi connectivity index (χ3n) is 4.44. The number of Topliss-reactive ketones (excluding diaryl/α,β-unsaturated/α-hetero) is 1. The minimum Gasteiger partial charge on any atom is -0.493 e. The Morgan fingerprint density at radius 2 is 2.21 bits per heavy atom. The fraction of sp³-hybridized carbons (Fsp3) is 0.444. The molecule has 0 radical (unpaired) electrons. The maximum atomic E-state index is 12.6. The monoisotopic (exact) mass is 364 g/mol. The van der Waals surface area contributed by atoms with Crippen LogP contribution < -0.4 is 10.1 Å². The molecule has 1 unspecified atom stereocenters. The highest BCUT2D eigenvalue weighted by molar-refractivity contribution is 7.80. The van der Waals surface area contributed by atoms with Crippen molar-refractivity contribution >= 4 is 34.7 Å². The number of rotatable bonds is 4. The summed E-state index contributed by atoms with van der Waals surface area (Å²) in [6, 6.07) is 5.23. The minimum absolute atomic E-state index is 0.171. The van der Waals surface area contributed by atoms with Crippen molar-refractivity contribution in [3.8, 4) is 5.75 Å². The molecule has 6 heteroatoms. The molecule has 0 saturated heterocycles. The molecular weight excluding hydrogens is 344 g/mol. The SMILES string of the molecule is CCCOc1ccc(Cl)cc1C1NC(=S)N(C)C2=C1C(=O)CCC2. The number of carbonyl (C=O) groups is 1. The van der Waals surface area contributed by atoms with Crippen molar-refractivity contribution in [2.45, 2.75) is 38.6 Å². The maximum Gasteiger partial charge on any atom is 0.173 e. The van der Waals surface area contributed by atoms with Crippen LogP contribution in [-0.4, -0.2) is 29.5 Å². The van der Waals surface area contributed by atoms with Gasteiger partial charge in [0.1, 0.15) is 5.75 Å². The fourth-order valence-corrected chi connectivity index (χ4v) is 3.67. The van der Waals surface area contributed by atoms with Crippen LogP contribution in [0.2, 0.25) is 5.02 Å². The van der Waals surface area contributed by atoms with Gasteiger partial charge in [0, 0.05) is 35.3 Å². The Labute approximate surface area is 152 Å². The number of halogens is 1. The van der Waals surface area contributed by atoms with Gasteiger partial charge < -0.3 is 15.0 Å². The second-order valence-electron chi connectivity index (χ2n) is 6.11. The average molecular weight is 365 g/mol. The predicted octanol–water partition coefficient (Wildman–Crippen LogP) is 4.00. The third-order valence-corrected chi connectivity index (χ3v) is 5.07. The fourth-order valence-electron chi connectivity index (χ4n) is 3.26. The van der Waals surface area contributed by atoms with E-state index in [-0.39, 0.29) is 11.8 Å². The van der Waals surface area contributed by atoms with Crippen molar-refractivity contribution in [3.63, 3.8) is 0 Å². The van der Waals surface area contributed by atoms with Crippen LogP contribution in [0.3, 0.4) is 0 Å². The number of allylic oxidation sites excluding steroid dienone is 1. The van der Waals surface area contributed by atoms with Crippen LogP contribution in [-0.2, 0) is 4.79 Å². The smallest absolute Gasteiger partial charge is 0.173 e. The second-order valence-corrected chi connectivity index (χ2v) is 6.93. The average Bonchev–Trinajstić information content (AvgIpc) is 2.57. The summed E-state index contributed by atoms with van der Waals surface area (Å²) in [4.78, 5) is 14.5. The number of ether oxygens (including phenoxy) is 1. The Balaban J connectivity index is 2.10. The highest BCUT2D eigenvalue weighted by Crippen LogP contribution is 2.40. The van der Waals surface area contributed by atoms with E-state index in [9.17, 15) is 4.79 Å². The highest BCUT2D eigenvalue weighted by atomic mass is 35.5. The minimum atomic E-state index is -0.304. The van der Waals surface area contributed by atoms with Gasteiger partial charge in [-0.25, -0.2) is 0 Å². The molecule has 0 aromatic heterocycles. The van der Waals surface area contributed by atoms with Crippen LogP contribution in [0.25, 0.3) is 0 Å². The Morgan fingerprint density at radius 3 is 2.96 bits per heavy atom. The molecular formula is C18H21ClN2O2S. The summed E-state index contributed by atoms with van der Waals surface area (Å²) in [7, 11) is 1.91. The van der Waals surface area contributed by atoms with Crippen LogP contribution in [0.15, 0.2) is 29.5 Å². The standard InChI is InChI=1S/C18H21ClN2O2S/c1-3-9-23-15-8-7-11(19)10-12(15)17-16-13(5-4-6-14(16)22)21(2)18(24)20-17/h7-8,10,17H,3-6,9H2,1-2H3,(H,20,24). The first-order valence-corrected chi connectivity index (χ1v) is 9.04. The largest absolute Gasteiger partial charge is 0.493 e. The van der Waals surface area contributed by atoms with Gasteiger partial charge in [-0.1, -0.05) is 18.5 Å². The Morgan fingerprint density at radius 1 is 1.42 bits per heavy atom. The first-order chi connectivity index (χ1) is 11.5. The number of hydrogen-bond donors (Lipinski definition) is 1. The molecule has 1 N–H and O–H groups in total. The molecule has 1 aliphatic carbocycles. The van der Waals surface area contributed by atoms with Crippen molar-refractivity contribution < 1.29 is 9.53 Å². The topological polar surface area (TPSA) is 41.6 Å². The number of carbonyl (C=O) groups excluding carboxylic acids is 1. The van der Waals surface area contributed by atoms with Crippen molar-refractivity contribution in [3.05, 3.63) is 40.1 Å². The highest BCUT2D eigenvalue weighted by Gasteiger charge is 2.37. The zero-order chi connectivity index (χ0) is 17.3. The summed E-state index contributed by atoms with van der Waals surface area (Å²) in [6.45, 7) is 2.68. The lowest BCUT2D eigenvalue weighted by Crippen LogP contribution is -2.47. The lowest BCUT2D eigenvalue weighted by molar-refractivity contribution is -0.116. The van der Waals surface area contributed by atoms with Gasteiger partial charge >= 0.3 is 0 Å². The van der Waals surface area contributed by atoms with Gasteiger partial charge in [-0.2, -0.15) is 0 Å². The lowest BCUT2D eigenvalue weighted by atomic mass is 9.84. The Hall–Kier alpha value is -1.59. The van der Waals surface area contributed by atoms with Crippen molar-refractivity contribution in [2.24, 2.45) is 0 Å². The molecule has 0 spiro atoms. The third kappa shape index (κ3) is 3.15. The second kappa shape index (κ2) is 7.11. The van der Waals surface area contributed by atoms with Crippen LogP contribution >= 0.6 is 23.8 Å². The van der Waals surface area contributed by atoms with E-state index in [1.54, 1.807) is 6.07 Å². The number of hydrogen-bond acceptors (Lipinski definition) is 3.